The zero-order chi connectivity index (χ0) is 8.97. The molecule has 0 aliphatic carbocycles. The first kappa shape index (κ1) is 8.78. The summed E-state index contributed by atoms with van der Waals surface area (Å²) < 4.78 is 0. The molecule has 2 heteroatoms. The SMILES string of the molecule is Cc1c[c]ccc1/N=C/N(C)C. The summed E-state index contributed by atoms with van der Waals surface area (Å²) in [5.74, 6) is 0. The first-order valence-electron chi connectivity index (χ1n) is 3.87. The Morgan fingerprint density at radius 2 is 2.25 bits per heavy atom. The van der Waals surface area contributed by atoms with Crippen LogP contribution in [0.15, 0.2) is 23.2 Å². The summed E-state index contributed by atoms with van der Waals surface area (Å²) in [6, 6.07) is 8.76. The number of aliphatic imine (C=N–C) groups is 1. The maximum Gasteiger partial charge on any atom is 0.0907 e. The molecule has 12 heavy (non-hydrogen) atoms. The first-order chi connectivity index (χ1) is 5.70. The van der Waals surface area contributed by atoms with Crippen LogP contribution in [0.25, 0.3) is 0 Å². The maximum atomic E-state index is 4.29. The van der Waals surface area contributed by atoms with Gasteiger partial charge in [0.05, 0.1) is 12.0 Å². The van der Waals surface area contributed by atoms with Crippen molar-refractivity contribution in [1.29, 1.82) is 0 Å². The fraction of sp³-hybridized carbons (Fsp3) is 0.300. The average Bonchev–Trinajstić information content (AvgIpc) is 2.03. The number of hydrogen-bond donors (Lipinski definition) is 0. The van der Waals surface area contributed by atoms with E-state index >= 15 is 0 Å². The normalized spacial score (nSPS) is 10.6. The van der Waals surface area contributed by atoms with Gasteiger partial charge in [-0.15, -0.1) is 0 Å². The van der Waals surface area contributed by atoms with Gasteiger partial charge in [-0.25, -0.2) is 4.99 Å². The third-order valence-corrected chi connectivity index (χ3v) is 1.47. The van der Waals surface area contributed by atoms with Crippen LogP contribution in [0.2, 0.25) is 0 Å². The van der Waals surface area contributed by atoms with Crippen LogP contribution in [-0.4, -0.2) is 25.3 Å². The molecule has 0 saturated heterocycles. The second-order valence-corrected chi connectivity index (χ2v) is 2.92. The molecule has 1 radical (unpaired) electrons. The van der Waals surface area contributed by atoms with Crippen molar-refractivity contribution in [1.82, 2.24) is 4.90 Å². The zero-order valence-corrected chi connectivity index (χ0v) is 7.70. The number of aryl methyl sites for hydroxylation is 1. The predicted octanol–water partition coefficient (Wildman–Crippen LogP) is 2.02. The van der Waals surface area contributed by atoms with Crippen LogP contribution in [0.3, 0.4) is 0 Å². The Labute approximate surface area is 73.5 Å². The van der Waals surface area contributed by atoms with Crippen molar-refractivity contribution in [2.45, 2.75) is 6.92 Å². The second kappa shape index (κ2) is 3.90. The van der Waals surface area contributed by atoms with E-state index in [-0.39, 0.29) is 0 Å². The van der Waals surface area contributed by atoms with Gasteiger partial charge in [0.25, 0.3) is 0 Å². The van der Waals surface area contributed by atoms with E-state index in [1.165, 1.54) is 0 Å². The van der Waals surface area contributed by atoms with E-state index < -0.39 is 0 Å². The molecule has 0 N–H and O–H groups in total. The Morgan fingerprint density at radius 1 is 1.50 bits per heavy atom. The average molecular weight is 161 g/mol. The topological polar surface area (TPSA) is 15.6 Å². The van der Waals surface area contributed by atoms with Gasteiger partial charge in [-0.1, -0.05) is 6.07 Å². The monoisotopic (exact) mass is 161 g/mol. The first-order valence-corrected chi connectivity index (χ1v) is 3.87. The lowest BCUT2D eigenvalue weighted by Gasteiger charge is -2.03. The smallest absolute Gasteiger partial charge is 0.0907 e. The molecule has 0 fully saturated rings. The Hall–Kier alpha value is -1.31. The molecule has 0 spiro atoms. The minimum absolute atomic E-state index is 1.00. The molecule has 0 atom stereocenters. The van der Waals surface area contributed by atoms with Crippen LogP contribution >= 0.6 is 0 Å². The molecule has 1 aromatic carbocycles. The van der Waals surface area contributed by atoms with Crippen molar-refractivity contribution in [2.24, 2.45) is 4.99 Å². The summed E-state index contributed by atoms with van der Waals surface area (Å²) >= 11 is 0. The molecular formula is C10H13N2. The molecule has 63 valence electrons. The minimum atomic E-state index is 1.00. The van der Waals surface area contributed by atoms with Gasteiger partial charge in [0.15, 0.2) is 0 Å². The summed E-state index contributed by atoms with van der Waals surface area (Å²) in [7, 11) is 3.90. The minimum Gasteiger partial charge on any atom is -0.369 e. The largest absolute Gasteiger partial charge is 0.369 e. The molecule has 2 nitrogen and oxygen atoms in total. The van der Waals surface area contributed by atoms with E-state index in [1.54, 1.807) is 6.34 Å². The number of nitrogens with zero attached hydrogens (tertiary/aromatic N) is 2. The second-order valence-electron chi connectivity index (χ2n) is 2.92. The number of rotatable bonds is 2. The third-order valence-electron chi connectivity index (χ3n) is 1.47. The van der Waals surface area contributed by atoms with Crippen LogP contribution in [0.4, 0.5) is 5.69 Å². The van der Waals surface area contributed by atoms with Crippen LogP contribution in [0.5, 0.6) is 0 Å². The van der Waals surface area contributed by atoms with E-state index in [4.69, 9.17) is 0 Å². The van der Waals surface area contributed by atoms with E-state index in [9.17, 15) is 0 Å². The number of benzene rings is 1. The van der Waals surface area contributed by atoms with Crippen molar-refractivity contribution in [3.8, 4) is 0 Å². The van der Waals surface area contributed by atoms with Gasteiger partial charge < -0.3 is 4.90 Å². The van der Waals surface area contributed by atoms with Crippen LogP contribution < -0.4 is 0 Å². The predicted molar refractivity (Wildman–Crippen MR) is 51.9 cm³/mol. The lowest BCUT2D eigenvalue weighted by molar-refractivity contribution is 0.643. The van der Waals surface area contributed by atoms with Gasteiger partial charge in [-0.3, -0.25) is 0 Å². The highest BCUT2D eigenvalue weighted by molar-refractivity contribution is 5.62. The van der Waals surface area contributed by atoms with Crippen LogP contribution in [0.1, 0.15) is 5.56 Å². The van der Waals surface area contributed by atoms with E-state index in [2.05, 4.69) is 11.1 Å². The lowest BCUT2D eigenvalue weighted by Crippen LogP contribution is -2.07. The Kier molecular flexibility index (Phi) is 2.86. The van der Waals surface area contributed by atoms with Gasteiger partial charge in [-0.05, 0) is 30.7 Å². The van der Waals surface area contributed by atoms with E-state index in [0.29, 0.717) is 0 Å². The molecule has 0 aliphatic heterocycles. The fourth-order valence-corrected chi connectivity index (χ4v) is 0.828. The van der Waals surface area contributed by atoms with E-state index in [0.717, 1.165) is 11.3 Å². The van der Waals surface area contributed by atoms with Gasteiger partial charge in [0.2, 0.25) is 0 Å². The van der Waals surface area contributed by atoms with Crippen molar-refractivity contribution in [3.63, 3.8) is 0 Å². The highest BCUT2D eigenvalue weighted by Crippen LogP contribution is 2.15. The summed E-state index contributed by atoms with van der Waals surface area (Å²) in [5.41, 5.74) is 2.15. The number of hydrogen-bond acceptors (Lipinski definition) is 1. The molecule has 0 amide bonds. The highest BCUT2D eigenvalue weighted by atomic mass is 15.1. The molecule has 0 aromatic heterocycles. The Balaban J connectivity index is 2.82. The maximum absolute atomic E-state index is 4.29. The standard InChI is InChI=1S/C10H13N2/c1-9-6-4-5-7-10(9)11-8-12(2)3/h5-8H,1-3H3/b11-8+. The molecular weight excluding hydrogens is 148 g/mol. The molecule has 0 heterocycles. The van der Waals surface area contributed by atoms with E-state index in [1.807, 2.05) is 44.1 Å². The van der Waals surface area contributed by atoms with Gasteiger partial charge in [0, 0.05) is 14.1 Å². The summed E-state index contributed by atoms with van der Waals surface area (Å²) in [6.07, 6.45) is 1.79. The van der Waals surface area contributed by atoms with Gasteiger partial charge in [0.1, 0.15) is 0 Å². The van der Waals surface area contributed by atoms with Crippen LogP contribution in [0, 0.1) is 13.0 Å². The molecule has 0 aliphatic rings. The van der Waals surface area contributed by atoms with Crippen LogP contribution in [-0.2, 0) is 0 Å². The molecule has 1 rings (SSSR count). The molecule has 0 bridgehead atoms. The third kappa shape index (κ3) is 2.38. The van der Waals surface area contributed by atoms with Gasteiger partial charge in [-0.2, -0.15) is 0 Å². The summed E-state index contributed by atoms with van der Waals surface area (Å²) in [4.78, 5) is 6.20. The zero-order valence-electron chi connectivity index (χ0n) is 7.70. The van der Waals surface area contributed by atoms with Crippen molar-refractivity contribution >= 4 is 12.0 Å². The van der Waals surface area contributed by atoms with Crippen molar-refractivity contribution in [2.75, 3.05) is 14.1 Å². The Bertz CT molecular complexity index is 277. The summed E-state index contributed by atoms with van der Waals surface area (Å²) in [5, 5.41) is 0. The van der Waals surface area contributed by atoms with Gasteiger partial charge >= 0.3 is 0 Å². The summed E-state index contributed by atoms with van der Waals surface area (Å²) in [6.45, 7) is 2.03. The fourth-order valence-electron chi connectivity index (χ4n) is 0.828. The van der Waals surface area contributed by atoms with Crippen molar-refractivity contribution < 1.29 is 0 Å². The lowest BCUT2D eigenvalue weighted by atomic mass is 10.2. The Morgan fingerprint density at radius 3 is 2.83 bits per heavy atom. The highest BCUT2D eigenvalue weighted by Gasteiger charge is 1.91. The molecule has 0 unspecified atom stereocenters. The quantitative estimate of drug-likeness (QED) is 0.478. The molecule has 1 aromatic rings. The molecule has 0 saturated carbocycles. The van der Waals surface area contributed by atoms with Crippen molar-refractivity contribution in [3.05, 3.63) is 29.8 Å².